The molecule has 0 bridgehead atoms. The number of hydrogen-bond acceptors (Lipinski definition) is 3. The highest BCUT2D eigenvalue weighted by Gasteiger charge is 2.28. The summed E-state index contributed by atoms with van der Waals surface area (Å²) in [4.78, 5) is 15.0. The number of aromatic nitrogens is 4. The number of rotatable bonds is 4. The molecule has 27 heavy (non-hydrogen) atoms. The molecule has 3 heterocycles. The maximum atomic E-state index is 13.1. The molecule has 6 nitrogen and oxygen atoms in total. The summed E-state index contributed by atoms with van der Waals surface area (Å²) in [6, 6.07) is 8.13. The zero-order valence-electron chi connectivity index (χ0n) is 15.8. The zero-order chi connectivity index (χ0) is 18.8. The molecule has 1 aromatic carbocycles. The van der Waals surface area contributed by atoms with Crippen LogP contribution in [0.3, 0.4) is 0 Å². The first-order chi connectivity index (χ1) is 13.2. The Bertz CT molecular complexity index is 933. The molecule has 0 spiro atoms. The van der Waals surface area contributed by atoms with Crippen molar-refractivity contribution in [3.05, 3.63) is 59.0 Å². The fourth-order valence-electron chi connectivity index (χ4n) is 3.97. The number of carbonyl (C=O) groups is 1. The van der Waals surface area contributed by atoms with Gasteiger partial charge in [-0.1, -0.05) is 30.7 Å². The molecule has 6 heteroatoms. The van der Waals surface area contributed by atoms with Crippen LogP contribution in [0.1, 0.15) is 52.9 Å². The summed E-state index contributed by atoms with van der Waals surface area (Å²) in [6.07, 6.45) is 6.47. The molecule has 0 atom stereocenters. The largest absolute Gasteiger partial charge is 0.338 e. The summed E-state index contributed by atoms with van der Waals surface area (Å²) in [7, 11) is 0. The van der Waals surface area contributed by atoms with E-state index < -0.39 is 0 Å². The molecular weight excluding hydrogens is 338 g/mol. The van der Waals surface area contributed by atoms with E-state index in [-0.39, 0.29) is 5.91 Å². The number of nitrogens with zero attached hydrogens (tertiary/aromatic N) is 3. The van der Waals surface area contributed by atoms with Crippen LogP contribution in [0.5, 0.6) is 0 Å². The number of hydrogen-bond donors (Lipinski definition) is 2. The van der Waals surface area contributed by atoms with E-state index >= 15 is 0 Å². The van der Waals surface area contributed by atoms with E-state index in [1.165, 1.54) is 11.3 Å². The minimum absolute atomic E-state index is 0.0547. The predicted octanol–water partition coefficient (Wildman–Crippen LogP) is 3.69. The van der Waals surface area contributed by atoms with Crippen molar-refractivity contribution in [1.82, 2.24) is 25.3 Å². The minimum atomic E-state index is 0.0547. The van der Waals surface area contributed by atoms with Crippen molar-refractivity contribution in [1.29, 1.82) is 0 Å². The maximum absolute atomic E-state index is 13.1. The normalized spacial score (nSPS) is 15.3. The van der Waals surface area contributed by atoms with Crippen LogP contribution < -0.4 is 0 Å². The van der Waals surface area contributed by atoms with Crippen LogP contribution in [-0.4, -0.2) is 44.3 Å². The van der Waals surface area contributed by atoms with Crippen molar-refractivity contribution in [2.24, 2.45) is 0 Å². The molecule has 1 saturated heterocycles. The summed E-state index contributed by atoms with van der Waals surface area (Å²) in [6.45, 7) is 5.71. The van der Waals surface area contributed by atoms with Crippen LogP contribution in [0.15, 0.2) is 36.7 Å². The molecule has 1 aliphatic rings. The standard InChI is InChI=1S/C21H25N5O/c1-3-15-12-22-24-19(15)16-7-9-26(10-8-16)21(27)18-13-23-25-20(18)17-6-4-5-14(2)11-17/h4-6,11-13,16H,3,7-10H2,1-2H3,(H,22,24)(H,23,25). The summed E-state index contributed by atoms with van der Waals surface area (Å²) in [5.74, 6) is 0.506. The number of piperidine rings is 1. The minimum Gasteiger partial charge on any atom is -0.338 e. The third-order valence-corrected chi connectivity index (χ3v) is 5.50. The third kappa shape index (κ3) is 3.39. The van der Waals surface area contributed by atoms with Gasteiger partial charge < -0.3 is 4.90 Å². The van der Waals surface area contributed by atoms with Crippen molar-refractivity contribution < 1.29 is 4.79 Å². The summed E-state index contributed by atoms with van der Waals surface area (Å²) < 4.78 is 0. The molecule has 1 aliphatic heterocycles. The highest BCUT2D eigenvalue weighted by atomic mass is 16.2. The van der Waals surface area contributed by atoms with Gasteiger partial charge in [0.15, 0.2) is 0 Å². The number of amides is 1. The van der Waals surface area contributed by atoms with Gasteiger partial charge in [0.2, 0.25) is 0 Å². The lowest BCUT2D eigenvalue weighted by Gasteiger charge is -2.32. The van der Waals surface area contributed by atoms with E-state index in [1.807, 2.05) is 36.2 Å². The molecule has 4 rings (SSSR count). The Kier molecular flexibility index (Phi) is 4.79. The van der Waals surface area contributed by atoms with E-state index in [1.54, 1.807) is 6.20 Å². The Labute approximate surface area is 159 Å². The van der Waals surface area contributed by atoms with Crippen molar-refractivity contribution in [3.8, 4) is 11.3 Å². The summed E-state index contributed by atoms with van der Waals surface area (Å²) in [5, 5.41) is 14.5. The summed E-state index contributed by atoms with van der Waals surface area (Å²) in [5.41, 5.74) is 6.13. The quantitative estimate of drug-likeness (QED) is 0.742. The average molecular weight is 363 g/mol. The Balaban J connectivity index is 1.49. The monoisotopic (exact) mass is 363 g/mol. The molecule has 1 fully saturated rings. The molecule has 2 aromatic heterocycles. The smallest absolute Gasteiger partial charge is 0.257 e. The van der Waals surface area contributed by atoms with Crippen molar-refractivity contribution in [2.45, 2.75) is 39.0 Å². The Hall–Kier alpha value is -2.89. The van der Waals surface area contributed by atoms with E-state index in [4.69, 9.17) is 0 Å². The molecule has 0 saturated carbocycles. The SMILES string of the molecule is CCc1cn[nH]c1C1CCN(C(=O)c2cn[nH]c2-c2cccc(C)c2)CC1. The number of benzene rings is 1. The Morgan fingerprint density at radius 1 is 1.19 bits per heavy atom. The second-order valence-corrected chi connectivity index (χ2v) is 7.26. The lowest BCUT2D eigenvalue weighted by molar-refractivity contribution is 0.0713. The van der Waals surface area contributed by atoms with Gasteiger partial charge in [-0.15, -0.1) is 0 Å². The third-order valence-electron chi connectivity index (χ3n) is 5.50. The first kappa shape index (κ1) is 17.5. The van der Waals surface area contributed by atoms with Gasteiger partial charge in [-0.3, -0.25) is 15.0 Å². The van der Waals surface area contributed by atoms with Gasteiger partial charge in [-0.2, -0.15) is 10.2 Å². The first-order valence-electron chi connectivity index (χ1n) is 9.59. The molecule has 2 N–H and O–H groups in total. The van der Waals surface area contributed by atoms with Crippen molar-refractivity contribution >= 4 is 5.91 Å². The van der Waals surface area contributed by atoms with E-state index in [2.05, 4.69) is 33.4 Å². The second-order valence-electron chi connectivity index (χ2n) is 7.26. The lowest BCUT2D eigenvalue weighted by Crippen LogP contribution is -2.38. The van der Waals surface area contributed by atoms with Gasteiger partial charge in [0, 0.05) is 30.3 Å². The molecule has 3 aromatic rings. The van der Waals surface area contributed by atoms with Crippen molar-refractivity contribution in [2.75, 3.05) is 13.1 Å². The lowest BCUT2D eigenvalue weighted by atomic mass is 9.90. The van der Waals surface area contributed by atoms with Crippen molar-refractivity contribution in [3.63, 3.8) is 0 Å². The molecule has 0 radical (unpaired) electrons. The molecule has 0 aliphatic carbocycles. The number of H-pyrrole nitrogens is 2. The van der Waals surface area contributed by atoms with E-state index in [0.29, 0.717) is 11.5 Å². The van der Waals surface area contributed by atoms with Gasteiger partial charge in [0.25, 0.3) is 5.91 Å². The van der Waals surface area contributed by atoms with Gasteiger partial charge in [0.1, 0.15) is 0 Å². The Morgan fingerprint density at radius 3 is 2.70 bits per heavy atom. The average Bonchev–Trinajstić information content (AvgIpc) is 3.37. The van der Waals surface area contributed by atoms with Crippen LogP contribution in [0.2, 0.25) is 0 Å². The molecule has 1 amide bonds. The number of aryl methyl sites for hydroxylation is 2. The number of nitrogens with one attached hydrogen (secondary N) is 2. The number of carbonyl (C=O) groups excluding carboxylic acids is 1. The summed E-state index contributed by atoms with van der Waals surface area (Å²) >= 11 is 0. The number of aromatic amines is 2. The fraction of sp³-hybridized carbons (Fsp3) is 0.381. The highest BCUT2D eigenvalue weighted by Crippen LogP contribution is 2.31. The van der Waals surface area contributed by atoms with E-state index in [0.717, 1.165) is 49.2 Å². The van der Waals surface area contributed by atoms with Gasteiger partial charge in [-0.05, 0) is 37.8 Å². The van der Waals surface area contributed by atoms with Crippen LogP contribution in [0, 0.1) is 6.92 Å². The number of likely N-dealkylation sites (tertiary alicyclic amines) is 1. The van der Waals surface area contributed by atoms with Crippen LogP contribution in [0.25, 0.3) is 11.3 Å². The molecular formula is C21H25N5O. The molecule has 0 unspecified atom stereocenters. The zero-order valence-corrected chi connectivity index (χ0v) is 15.8. The van der Waals surface area contributed by atoms with Gasteiger partial charge in [0.05, 0.1) is 23.7 Å². The van der Waals surface area contributed by atoms with E-state index in [9.17, 15) is 4.79 Å². The van der Waals surface area contributed by atoms with Crippen LogP contribution >= 0.6 is 0 Å². The van der Waals surface area contributed by atoms with Gasteiger partial charge in [-0.25, -0.2) is 0 Å². The topological polar surface area (TPSA) is 77.7 Å². The van der Waals surface area contributed by atoms with Gasteiger partial charge >= 0.3 is 0 Å². The fourth-order valence-corrected chi connectivity index (χ4v) is 3.97. The Morgan fingerprint density at radius 2 is 1.96 bits per heavy atom. The second kappa shape index (κ2) is 7.39. The highest BCUT2D eigenvalue weighted by molar-refractivity contribution is 5.99. The first-order valence-corrected chi connectivity index (χ1v) is 9.59. The van der Waals surface area contributed by atoms with Crippen LogP contribution in [-0.2, 0) is 6.42 Å². The maximum Gasteiger partial charge on any atom is 0.257 e. The van der Waals surface area contributed by atoms with Crippen LogP contribution in [0.4, 0.5) is 0 Å². The molecule has 140 valence electrons. The predicted molar refractivity (Wildman–Crippen MR) is 105 cm³/mol.